The van der Waals surface area contributed by atoms with Crippen LogP contribution in [0.2, 0.25) is 0 Å². The molecular formula is C15H23N5O3. The molecule has 0 unspecified atom stereocenters. The highest BCUT2D eigenvalue weighted by Gasteiger charge is 2.50. The lowest BCUT2D eigenvalue weighted by molar-refractivity contribution is -0.149. The van der Waals surface area contributed by atoms with Gasteiger partial charge in [-0.15, -0.1) is 0 Å². The number of carbonyl (C=O) groups excluding carboxylic acids is 2. The monoisotopic (exact) mass is 321 g/mol. The number of aromatic nitrogens is 3. The average Bonchev–Trinajstić information content (AvgIpc) is 3.28. The van der Waals surface area contributed by atoms with Crippen molar-refractivity contribution in [2.45, 2.75) is 45.3 Å². The van der Waals surface area contributed by atoms with Crippen LogP contribution < -0.4 is 5.32 Å². The fraction of sp³-hybridized carbons (Fsp3) is 0.733. The van der Waals surface area contributed by atoms with E-state index in [1.807, 2.05) is 13.8 Å². The number of morpholine rings is 1. The molecule has 23 heavy (non-hydrogen) atoms. The molecule has 3 rings (SSSR count). The van der Waals surface area contributed by atoms with Gasteiger partial charge in [-0.2, -0.15) is 5.10 Å². The van der Waals surface area contributed by atoms with E-state index in [1.54, 1.807) is 4.90 Å². The van der Waals surface area contributed by atoms with Crippen LogP contribution in [0.15, 0.2) is 0 Å². The molecule has 1 aliphatic heterocycles. The number of aryl methyl sites for hydroxylation is 1. The highest BCUT2D eigenvalue weighted by Crippen LogP contribution is 2.41. The number of nitrogens with zero attached hydrogens (tertiary/aromatic N) is 3. The Morgan fingerprint density at radius 2 is 2.17 bits per heavy atom. The summed E-state index contributed by atoms with van der Waals surface area (Å²) in [6, 6.07) is 0. The third kappa shape index (κ3) is 3.21. The van der Waals surface area contributed by atoms with Crippen LogP contribution >= 0.6 is 0 Å². The molecule has 2 fully saturated rings. The zero-order valence-electron chi connectivity index (χ0n) is 13.8. The van der Waals surface area contributed by atoms with Crippen LogP contribution in [0.1, 0.15) is 44.4 Å². The summed E-state index contributed by atoms with van der Waals surface area (Å²) in [5.74, 6) is 1.27. The molecule has 2 heterocycles. The van der Waals surface area contributed by atoms with Crippen molar-refractivity contribution in [3.8, 4) is 0 Å². The lowest BCUT2D eigenvalue weighted by Gasteiger charge is -2.38. The van der Waals surface area contributed by atoms with Gasteiger partial charge in [0.1, 0.15) is 17.5 Å². The number of hydrogen-bond acceptors (Lipinski definition) is 5. The van der Waals surface area contributed by atoms with E-state index in [2.05, 4.69) is 20.5 Å². The fourth-order valence-electron chi connectivity index (χ4n) is 3.18. The Morgan fingerprint density at radius 1 is 1.43 bits per heavy atom. The normalized spacial score (nSPS) is 24.1. The van der Waals surface area contributed by atoms with Crippen molar-refractivity contribution in [2.75, 3.05) is 19.7 Å². The molecule has 2 aliphatic rings. The van der Waals surface area contributed by atoms with Crippen LogP contribution in [-0.2, 0) is 14.3 Å². The molecule has 2 atom stereocenters. The Bertz CT molecular complexity index is 612. The third-order valence-corrected chi connectivity index (χ3v) is 4.53. The number of H-pyrrole nitrogens is 1. The standard InChI is InChI=1S/C15H23N5O3/c1-9-16-13(19-18-9)12-8-20(6-7-23-12)14(22)15(3,11-4-5-11)17-10(2)21/h11-12H,4-8H2,1-3H3,(H,17,21)(H,16,18,19)/t12-,15+/m0/s1. The minimum Gasteiger partial charge on any atom is -0.366 e. The van der Waals surface area contributed by atoms with Gasteiger partial charge in [-0.1, -0.05) is 0 Å². The highest BCUT2D eigenvalue weighted by atomic mass is 16.5. The van der Waals surface area contributed by atoms with Crippen LogP contribution in [-0.4, -0.2) is 57.1 Å². The largest absolute Gasteiger partial charge is 0.366 e. The van der Waals surface area contributed by atoms with Gasteiger partial charge >= 0.3 is 0 Å². The van der Waals surface area contributed by atoms with Crippen molar-refractivity contribution in [3.63, 3.8) is 0 Å². The predicted octanol–water partition coefficient (Wildman–Crippen LogP) is 0.318. The molecule has 8 nitrogen and oxygen atoms in total. The Morgan fingerprint density at radius 3 is 2.74 bits per heavy atom. The molecule has 1 saturated carbocycles. The Kier molecular flexibility index (Phi) is 4.09. The van der Waals surface area contributed by atoms with Crippen molar-refractivity contribution < 1.29 is 14.3 Å². The molecule has 0 bridgehead atoms. The minimum atomic E-state index is -0.831. The summed E-state index contributed by atoms with van der Waals surface area (Å²) in [5, 5.41) is 9.78. The molecule has 0 aromatic carbocycles. The first kappa shape index (κ1) is 15.9. The molecule has 2 amide bonds. The minimum absolute atomic E-state index is 0.0456. The lowest BCUT2D eigenvalue weighted by atomic mass is 9.93. The van der Waals surface area contributed by atoms with Crippen molar-refractivity contribution in [2.24, 2.45) is 5.92 Å². The fourth-order valence-corrected chi connectivity index (χ4v) is 3.18. The third-order valence-electron chi connectivity index (χ3n) is 4.53. The molecular weight excluding hydrogens is 298 g/mol. The van der Waals surface area contributed by atoms with Crippen molar-refractivity contribution in [1.82, 2.24) is 25.4 Å². The van der Waals surface area contributed by atoms with Gasteiger partial charge in [0, 0.05) is 13.5 Å². The number of aromatic amines is 1. The maximum Gasteiger partial charge on any atom is 0.248 e. The van der Waals surface area contributed by atoms with Gasteiger partial charge in [-0.05, 0) is 32.6 Å². The van der Waals surface area contributed by atoms with E-state index < -0.39 is 5.54 Å². The Labute approximate surface area is 135 Å². The highest BCUT2D eigenvalue weighted by molar-refractivity contribution is 5.91. The van der Waals surface area contributed by atoms with E-state index in [4.69, 9.17) is 4.74 Å². The maximum absolute atomic E-state index is 13.0. The second kappa shape index (κ2) is 5.92. The summed E-state index contributed by atoms with van der Waals surface area (Å²) in [6.45, 7) is 6.45. The van der Waals surface area contributed by atoms with E-state index in [-0.39, 0.29) is 23.8 Å². The first-order valence-electron chi connectivity index (χ1n) is 7.99. The molecule has 1 aromatic heterocycles. The lowest BCUT2D eigenvalue weighted by Crippen LogP contribution is -2.60. The molecule has 0 spiro atoms. The van der Waals surface area contributed by atoms with Gasteiger partial charge in [0.25, 0.3) is 0 Å². The molecule has 126 valence electrons. The number of nitrogens with one attached hydrogen (secondary N) is 2. The Balaban J connectivity index is 1.74. The average molecular weight is 321 g/mol. The molecule has 2 N–H and O–H groups in total. The van der Waals surface area contributed by atoms with Crippen molar-refractivity contribution in [3.05, 3.63) is 11.6 Å². The van der Waals surface area contributed by atoms with Crippen LogP contribution in [0.25, 0.3) is 0 Å². The van der Waals surface area contributed by atoms with Crippen molar-refractivity contribution in [1.29, 1.82) is 0 Å². The summed E-state index contributed by atoms with van der Waals surface area (Å²) in [7, 11) is 0. The maximum atomic E-state index is 13.0. The summed E-state index contributed by atoms with van der Waals surface area (Å²) < 4.78 is 5.70. The van der Waals surface area contributed by atoms with Gasteiger partial charge in [0.15, 0.2) is 5.82 Å². The number of carbonyl (C=O) groups is 2. The van der Waals surface area contributed by atoms with E-state index in [0.717, 1.165) is 12.8 Å². The summed E-state index contributed by atoms with van der Waals surface area (Å²) in [5.41, 5.74) is -0.831. The number of rotatable bonds is 4. The van der Waals surface area contributed by atoms with Gasteiger partial charge in [0.2, 0.25) is 11.8 Å². The van der Waals surface area contributed by atoms with E-state index in [9.17, 15) is 9.59 Å². The van der Waals surface area contributed by atoms with Gasteiger partial charge in [-0.3, -0.25) is 14.7 Å². The van der Waals surface area contributed by atoms with Crippen molar-refractivity contribution >= 4 is 11.8 Å². The second-order valence-electron chi connectivity index (χ2n) is 6.55. The summed E-state index contributed by atoms with van der Waals surface area (Å²) >= 11 is 0. The van der Waals surface area contributed by atoms with Crippen LogP contribution in [0.3, 0.4) is 0 Å². The summed E-state index contributed by atoms with van der Waals surface area (Å²) in [6.07, 6.45) is 1.60. The second-order valence-corrected chi connectivity index (χ2v) is 6.55. The number of amides is 2. The van der Waals surface area contributed by atoms with E-state index in [1.165, 1.54) is 6.92 Å². The molecule has 8 heteroatoms. The number of hydrogen-bond donors (Lipinski definition) is 2. The Hall–Kier alpha value is -1.96. The van der Waals surface area contributed by atoms with Gasteiger partial charge in [-0.25, -0.2) is 4.98 Å². The molecule has 0 radical (unpaired) electrons. The first-order valence-corrected chi connectivity index (χ1v) is 7.99. The zero-order chi connectivity index (χ0) is 16.6. The topological polar surface area (TPSA) is 100 Å². The first-order chi connectivity index (χ1) is 10.9. The van der Waals surface area contributed by atoms with Crippen LogP contribution in [0.5, 0.6) is 0 Å². The van der Waals surface area contributed by atoms with Crippen LogP contribution in [0.4, 0.5) is 0 Å². The van der Waals surface area contributed by atoms with Gasteiger partial charge in [0.05, 0.1) is 13.2 Å². The zero-order valence-corrected chi connectivity index (χ0v) is 13.8. The quantitative estimate of drug-likeness (QED) is 0.832. The molecule has 1 saturated heterocycles. The molecule has 1 aliphatic carbocycles. The van der Waals surface area contributed by atoms with Crippen LogP contribution in [0, 0.1) is 12.8 Å². The molecule has 1 aromatic rings. The smallest absolute Gasteiger partial charge is 0.248 e. The summed E-state index contributed by atoms with van der Waals surface area (Å²) in [4.78, 5) is 30.6. The SMILES string of the molecule is CC(=O)N[C@@](C)(C(=O)N1CCO[C@H](c2n[nH]c(C)n2)C1)C1CC1. The predicted molar refractivity (Wildman–Crippen MR) is 81.3 cm³/mol. The number of ether oxygens (including phenoxy) is 1. The van der Waals surface area contributed by atoms with E-state index >= 15 is 0 Å². The van der Waals surface area contributed by atoms with Gasteiger partial charge < -0.3 is 15.0 Å². The van der Waals surface area contributed by atoms with E-state index in [0.29, 0.717) is 31.3 Å².